The van der Waals surface area contributed by atoms with E-state index in [2.05, 4.69) is 20.5 Å². The van der Waals surface area contributed by atoms with Gasteiger partial charge in [-0.2, -0.15) is 10.2 Å². The van der Waals surface area contributed by atoms with Gasteiger partial charge in [0.1, 0.15) is 44.0 Å². The third kappa shape index (κ3) is 7.81. The third-order valence-corrected chi connectivity index (χ3v) is 8.85. The molecule has 0 saturated carbocycles. The maximum atomic E-state index is 12.7. The highest BCUT2D eigenvalue weighted by molar-refractivity contribution is 6.35. The van der Waals surface area contributed by atoms with Gasteiger partial charge in [-0.25, -0.2) is 23.7 Å². The maximum absolute atomic E-state index is 12.7. The highest BCUT2D eigenvalue weighted by Gasteiger charge is 2.45. The van der Waals surface area contributed by atoms with Crippen LogP contribution in [0.4, 0.5) is 11.4 Å². The number of benzene rings is 3. The molecule has 0 aliphatic carbocycles. The Morgan fingerprint density at radius 1 is 1.10 bits per heavy atom. The lowest BCUT2D eigenvalue weighted by molar-refractivity contribution is -0.190. The largest absolute Gasteiger partial charge is 0.491 e. The van der Waals surface area contributed by atoms with Gasteiger partial charge in [0.05, 0.1) is 23.4 Å². The average molecular weight is 708 g/mol. The standard InChI is InChI=1S/C34H36Cl2N8O5/c1-3-24(2)44-33(46)43(22-40-44)28-7-5-26(6-8-28)38-14-15-41(23-45)27-9-11-29(12-10-27)47-17-30-18-48-34(49-30,19-42-21-37-20-39-42)31-13-4-25(35)16-32(31)36/h4-13,16,20-24,30,38H,3,14-15,17-19H2,1-2H3/t24?,30?,34-/m0/s1. The number of carbonyl (C=O) groups excluding carboxylic acids is 1. The van der Waals surface area contributed by atoms with Crippen molar-refractivity contribution in [2.45, 2.75) is 44.7 Å². The normalized spacial score (nSPS) is 17.9. The van der Waals surface area contributed by atoms with E-state index < -0.39 is 11.9 Å². The smallest absolute Gasteiger partial charge is 0.350 e. The SMILES string of the molecule is CCC(C)n1ncn(-c2ccc(NCCN(C=O)c3ccc(OCC4CO[C@](Cn5cncn5)(c5ccc(Cl)cc5Cl)O4)cc3)cc2)c1=O. The summed E-state index contributed by atoms with van der Waals surface area (Å²) in [6.07, 6.45) is 5.77. The van der Waals surface area contributed by atoms with Gasteiger partial charge in [0, 0.05) is 35.1 Å². The number of ether oxygens (including phenoxy) is 3. The molecule has 2 aromatic heterocycles. The van der Waals surface area contributed by atoms with Crippen LogP contribution in [0.1, 0.15) is 31.9 Å². The number of hydrogen-bond donors (Lipinski definition) is 1. The number of anilines is 2. The summed E-state index contributed by atoms with van der Waals surface area (Å²) >= 11 is 12.7. The Morgan fingerprint density at radius 2 is 1.90 bits per heavy atom. The Hall–Kier alpha value is -4.69. The second-order valence-electron chi connectivity index (χ2n) is 11.6. The summed E-state index contributed by atoms with van der Waals surface area (Å²) in [5, 5.41) is 12.7. The van der Waals surface area contributed by atoms with Crippen LogP contribution in [-0.4, -0.2) is 67.9 Å². The summed E-state index contributed by atoms with van der Waals surface area (Å²) in [6.45, 7) is 5.64. The zero-order chi connectivity index (χ0) is 34.4. The van der Waals surface area contributed by atoms with Gasteiger partial charge in [0.2, 0.25) is 12.2 Å². The Kier molecular flexibility index (Phi) is 10.6. The summed E-state index contributed by atoms with van der Waals surface area (Å²) in [5.41, 5.74) is 2.77. The molecule has 1 saturated heterocycles. The number of amides is 1. The molecule has 1 fully saturated rings. The van der Waals surface area contributed by atoms with Crippen LogP contribution in [0.2, 0.25) is 10.0 Å². The number of nitrogens with zero attached hydrogens (tertiary/aromatic N) is 7. The topological polar surface area (TPSA) is 131 Å². The van der Waals surface area contributed by atoms with Crippen LogP contribution in [0, 0.1) is 0 Å². The molecule has 0 bridgehead atoms. The predicted octanol–water partition coefficient (Wildman–Crippen LogP) is 5.33. The van der Waals surface area contributed by atoms with Crippen LogP contribution in [0.5, 0.6) is 5.75 Å². The molecule has 3 heterocycles. The molecule has 3 atom stereocenters. The van der Waals surface area contributed by atoms with Crippen LogP contribution >= 0.6 is 23.2 Å². The van der Waals surface area contributed by atoms with Crippen LogP contribution in [-0.2, 0) is 26.6 Å². The van der Waals surface area contributed by atoms with E-state index in [0.717, 1.165) is 29.9 Å². The first-order valence-corrected chi connectivity index (χ1v) is 16.6. The van der Waals surface area contributed by atoms with E-state index in [1.165, 1.54) is 21.9 Å². The predicted molar refractivity (Wildman–Crippen MR) is 186 cm³/mol. The van der Waals surface area contributed by atoms with Crippen molar-refractivity contribution < 1.29 is 19.0 Å². The molecule has 256 valence electrons. The molecule has 13 nitrogen and oxygen atoms in total. The molecule has 1 aliphatic heterocycles. The fourth-order valence-electron chi connectivity index (χ4n) is 5.48. The highest BCUT2D eigenvalue weighted by atomic mass is 35.5. The highest BCUT2D eigenvalue weighted by Crippen LogP contribution is 2.40. The minimum absolute atomic E-state index is 0.0285. The van der Waals surface area contributed by atoms with Gasteiger partial charge >= 0.3 is 5.69 Å². The van der Waals surface area contributed by atoms with E-state index >= 15 is 0 Å². The van der Waals surface area contributed by atoms with Crippen molar-refractivity contribution in [1.82, 2.24) is 29.1 Å². The Balaban J connectivity index is 1.01. The van der Waals surface area contributed by atoms with Gasteiger partial charge < -0.3 is 24.4 Å². The van der Waals surface area contributed by atoms with Crippen molar-refractivity contribution in [1.29, 1.82) is 0 Å². The second kappa shape index (κ2) is 15.2. The lowest BCUT2D eigenvalue weighted by Gasteiger charge is -2.29. The minimum atomic E-state index is -1.20. The van der Waals surface area contributed by atoms with Gasteiger partial charge in [-0.15, -0.1) is 0 Å². The van der Waals surface area contributed by atoms with Gasteiger partial charge in [0.15, 0.2) is 0 Å². The lowest BCUT2D eigenvalue weighted by atomic mass is 10.1. The third-order valence-electron chi connectivity index (χ3n) is 8.30. The summed E-state index contributed by atoms with van der Waals surface area (Å²) in [6, 6.07) is 19.9. The van der Waals surface area contributed by atoms with Crippen molar-refractivity contribution in [2.24, 2.45) is 0 Å². The molecule has 3 aromatic carbocycles. The fraction of sp³-hybridized carbons (Fsp3) is 0.324. The minimum Gasteiger partial charge on any atom is -0.491 e. The molecule has 6 rings (SSSR count). The number of rotatable bonds is 15. The molecule has 2 unspecified atom stereocenters. The van der Waals surface area contributed by atoms with Crippen LogP contribution < -0.4 is 20.6 Å². The zero-order valence-corrected chi connectivity index (χ0v) is 28.5. The Labute approximate surface area is 292 Å². The first kappa shape index (κ1) is 34.2. The number of aromatic nitrogens is 6. The number of halogens is 2. The molecule has 1 N–H and O–H groups in total. The molecule has 0 spiro atoms. The fourth-order valence-corrected chi connectivity index (χ4v) is 6.03. The molecule has 5 aromatic rings. The van der Waals surface area contributed by atoms with Gasteiger partial charge in [0.25, 0.3) is 0 Å². The van der Waals surface area contributed by atoms with Crippen molar-refractivity contribution in [3.8, 4) is 11.4 Å². The zero-order valence-electron chi connectivity index (χ0n) is 27.0. The summed E-state index contributed by atoms with van der Waals surface area (Å²) in [5.74, 6) is -0.589. The van der Waals surface area contributed by atoms with Crippen molar-refractivity contribution >= 4 is 41.0 Å². The van der Waals surface area contributed by atoms with Gasteiger partial charge in [-0.05, 0) is 74.0 Å². The van der Waals surface area contributed by atoms with Crippen LogP contribution in [0.25, 0.3) is 5.69 Å². The number of hydrogen-bond acceptors (Lipinski definition) is 9. The molecular weight excluding hydrogens is 671 g/mol. The molecular formula is C34H36Cl2N8O5. The van der Waals surface area contributed by atoms with Gasteiger partial charge in [-0.1, -0.05) is 36.2 Å². The Morgan fingerprint density at radius 3 is 2.59 bits per heavy atom. The molecule has 0 radical (unpaired) electrons. The molecule has 1 amide bonds. The molecule has 15 heteroatoms. The maximum Gasteiger partial charge on any atom is 0.350 e. The van der Waals surface area contributed by atoms with E-state index in [9.17, 15) is 9.59 Å². The van der Waals surface area contributed by atoms with Gasteiger partial charge in [-0.3, -0.25) is 4.79 Å². The van der Waals surface area contributed by atoms with E-state index in [4.69, 9.17) is 37.4 Å². The second-order valence-corrected chi connectivity index (χ2v) is 12.4. The quantitative estimate of drug-likeness (QED) is 0.144. The number of nitrogens with one attached hydrogen (secondary N) is 1. The summed E-state index contributed by atoms with van der Waals surface area (Å²) in [7, 11) is 0. The Bertz CT molecular complexity index is 1900. The van der Waals surface area contributed by atoms with Crippen LogP contribution in [0.3, 0.4) is 0 Å². The van der Waals surface area contributed by atoms with E-state index in [1.807, 2.05) is 50.2 Å². The lowest BCUT2D eigenvalue weighted by Crippen LogP contribution is -2.35. The monoisotopic (exact) mass is 706 g/mol. The first-order valence-electron chi connectivity index (χ1n) is 15.8. The van der Waals surface area contributed by atoms with E-state index in [0.29, 0.717) is 34.4 Å². The van der Waals surface area contributed by atoms with Crippen molar-refractivity contribution in [3.05, 3.63) is 112 Å². The summed E-state index contributed by atoms with van der Waals surface area (Å²) < 4.78 is 23.3. The number of carbonyl (C=O) groups is 1. The van der Waals surface area contributed by atoms with E-state index in [-0.39, 0.29) is 31.5 Å². The molecule has 1 aliphatic rings. The molecule has 49 heavy (non-hydrogen) atoms. The van der Waals surface area contributed by atoms with Crippen LogP contribution in [0.15, 0.2) is 90.5 Å². The van der Waals surface area contributed by atoms with Crippen molar-refractivity contribution in [3.63, 3.8) is 0 Å². The first-order chi connectivity index (χ1) is 23.8. The average Bonchev–Trinajstić information content (AvgIpc) is 3.87. The van der Waals surface area contributed by atoms with Crippen molar-refractivity contribution in [2.75, 3.05) is 36.5 Å². The van der Waals surface area contributed by atoms with E-state index in [1.54, 1.807) is 46.2 Å². The summed E-state index contributed by atoms with van der Waals surface area (Å²) in [4.78, 5) is 30.3.